The van der Waals surface area contributed by atoms with Crippen molar-refractivity contribution in [2.24, 2.45) is 0 Å². The molecule has 1 aromatic carbocycles. The first kappa shape index (κ1) is 13.1. The summed E-state index contributed by atoms with van der Waals surface area (Å²) < 4.78 is 38.0. The molecule has 0 aliphatic carbocycles. The van der Waals surface area contributed by atoms with Gasteiger partial charge >= 0.3 is 6.18 Å². The number of aromatic amines is 1. The van der Waals surface area contributed by atoms with Gasteiger partial charge in [0.2, 0.25) is 0 Å². The SMILES string of the molecule is FC(F)(F)c1ccc(-c2[nH]c(=S)nc3c2CCN3)cc1. The molecule has 2 heterocycles. The molecule has 0 fully saturated rings. The second-order valence-electron chi connectivity index (χ2n) is 4.50. The average Bonchev–Trinajstić information content (AvgIpc) is 2.85. The van der Waals surface area contributed by atoms with Crippen molar-refractivity contribution in [3.05, 3.63) is 40.2 Å². The fourth-order valence-corrected chi connectivity index (χ4v) is 2.46. The Hall–Kier alpha value is -1.89. The molecule has 104 valence electrons. The second-order valence-corrected chi connectivity index (χ2v) is 4.88. The summed E-state index contributed by atoms with van der Waals surface area (Å²) in [6.45, 7) is 0.753. The molecule has 2 N–H and O–H groups in total. The Morgan fingerprint density at radius 1 is 1.15 bits per heavy atom. The standard InChI is InChI=1S/C13H10F3N3S/c14-13(15,16)8-3-1-7(2-4-8)10-9-5-6-17-11(9)19-12(20)18-10/h1-4H,5-6H2,(H2,17,18,19,20). The number of hydrogen-bond donors (Lipinski definition) is 2. The molecular weight excluding hydrogens is 287 g/mol. The molecule has 0 unspecified atom stereocenters. The van der Waals surface area contributed by atoms with Crippen molar-refractivity contribution in [3.63, 3.8) is 0 Å². The molecular formula is C13H10F3N3S. The molecule has 3 nitrogen and oxygen atoms in total. The Morgan fingerprint density at radius 2 is 1.85 bits per heavy atom. The lowest BCUT2D eigenvalue weighted by Gasteiger charge is -2.10. The third kappa shape index (κ3) is 2.29. The summed E-state index contributed by atoms with van der Waals surface area (Å²) >= 11 is 5.04. The van der Waals surface area contributed by atoms with Gasteiger partial charge in [0.25, 0.3) is 0 Å². The Labute approximate surface area is 117 Å². The minimum Gasteiger partial charge on any atom is -0.369 e. The van der Waals surface area contributed by atoms with Crippen LogP contribution in [0.2, 0.25) is 0 Å². The van der Waals surface area contributed by atoms with Crippen LogP contribution in [0.3, 0.4) is 0 Å². The van der Waals surface area contributed by atoms with E-state index < -0.39 is 11.7 Å². The molecule has 0 spiro atoms. The summed E-state index contributed by atoms with van der Waals surface area (Å²) in [5, 5.41) is 3.11. The Kier molecular flexibility index (Phi) is 3.01. The highest BCUT2D eigenvalue weighted by atomic mass is 32.1. The lowest BCUT2D eigenvalue weighted by Crippen LogP contribution is -2.04. The van der Waals surface area contributed by atoms with Gasteiger partial charge in [0.05, 0.1) is 11.3 Å². The summed E-state index contributed by atoms with van der Waals surface area (Å²) in [5.74, 6) is 0.712. The zero-order chi connectivity index (χ0) is 14.3. The number of anilines is 1. The summed E-state index contributed by atoms with van der Waals surface area (Å²) in [6.07, 6.45) is -3.56. The van der Waals surface area contributed by atoms with Crippen LogP contribution in [0.5, 0.6) is 0 Å². The summed E-state index contributed by atoms with van der Waals surface area (Å²) in [7, 11) is 0. The van der Waals surface area contributed by atoms with E-state index in [1.807, 2.05) is 0 Å². The van der Waals surface area contributed by atoms with Gasteiger partial charge in [-0.25, -0.2) is 4.98 Å². The van der Waals surface area contributed by atoms with Crippen LogP contribution in [0.1, 0.15) is 11.1 Å². The third-order valence-corrected chi connectivity index (χ3v) is 3.39. The summed E-state index contributed by atoms with van der Waals surface area (Å²) in [6, 6.07) is 5.03. The molecule has 2 aromatic rings. The minimum atomic E-state index is -4.33. The van der Waals surface area contributed by atoms with Gasteiger partial charge in [-0.15, -0.1) is 0 Å². The van der Waals surface area contributed by atoms with Crippen molar-refractivity contribution in [1.29, 1.82) is 0 Å². The molecule has 0 radical (unpaired) electrons. The maximum absolute atomic E-state index is 12.6. The lowest BCUT2D eigenvalue weighted by molar-refractivity contribution is -0.137. The van der Waals surface area contributed by atoms with Crippen molar-refractivity contribution in [3.8, 4) is 11.3 Å². The van der Waals surface area contributed by atoms with Crippen LogP contribution in [0, 0.1) is 4.77 Å². The van der Waals surface area contributed by atoms with Crippen molar-refractivity contribution in [1.82, 2.24) is 9.97 Å². The van der Waals surface area contributed by atoms with Gasteiger partial charge in [-0.2, -0.15) is 13.2 Å². The third-order valence-electron chi connectivity index (χ3n) is 3.20. The number of aromatic nitrogens is 2. The van der Waals surface area contributed by atoms with Crippen molar-refractivity contribution < 1.29 is 13.2 Å². The fraction of sp³-hybridized carbons (Fsp3) is 0.231. The van der Waals surface area contributed by atoms with E-state index in [2.05, 4.69) is 15.3 Å². The smallest absolute Gasteiger partial charge is 0.369 e. The molecule has 1 aromatic heterocycles. The molecule has 20 heavy (non-hydrogen) atoms. The topological polar surface area (TPSA) is 40.7 Å². The van der Waals surface area contributed by atoms with Gasteiger partial charge in [-0.05, 0) is 36.3 Å². The largest absolute Gasteiger partial charge is 0.416 e. The van der Waals surface area contributed by atoms with Crippen LogP contribution in [0.4, 0.5) is 19.0 Å². The number of hydrogen-bond acceptors (Lipinski definition) is 3. The van der Waals surface area contributed by atoms with E-state index >= 15 is 0 Å². The summed E-state index contributed by atoms with van der Waals surface area (Å²) in [4.78, 5) is 7.13. The first-order chi connectivity index (χ1) is 9.45. The molecule has 1 aliphatic rings. The monoisotopic (exact) mass is 297 g/mol. The first-order valence-corrected chi connectivity index (χ1v) is 6.41. The molecule has 0 atom stereocenters. The predicted molar refractivity (Wildman–Crippen MR) is 72.1 cm³/mol. The molecule has 0 amide bonds. The molecule has 1 aliphatic heterocycles. The average molecular weight is 297 g/mol. The molecule has 0 saturated carbocycles. The second kappa shape index (κ2) is 4.59. The number of H-pyrrole nitrogens is 1. The van der Waals surface area contributed by atoms with Crippen molar-refractivity contribution in [2.45, 2.75) is 12.6 Å². The Bertz CT molecular complexity index is 704. The molecule has 0 saturated heterocycles. The van der Waals surface area contributed by atoms with Gasteiger partial charge in [-0.1, -0.05) is 12.1 Å². The van der Waals surface area contributed by atoms with E-state index in [0.717, 1.165) is 36.4 Å². The fourth-order valence-electron chi connectivity index (χ4n) is 2.27. The highest BCUT2D eigenvalue weighted by Crippen LogP contribution is 2.33. The number of fused-ring (bicyclic) bond motifs is 1. The normalized spacial score (nSPS) is 13.9. The van der Waals surface area contributed by atoms with Crippen LogP contribution >= 0.6 is 12.2 Å². The zero-order valence-electron chi connectivity index (χ0n) is 10.2. The van der Waals surface area contributed by atoms with Gasteiger partial charge in [-0.3, -0.25) is 0 Å². The quantitative estimate of drug-likeness (QED) is 0.787. The summed E-state index contributed by atoms with van der Waals surface area (Å²) in [5.41, 5.74) is 1.70. The van der Waals surface area contributed by atoms with Gasteiger partial charge in [0.15, 0.2) is 4.77 Å². The maximum atomic E-state index is 12.6. The van der Waals surface area contributed by atoms with Crippen LogP contribution in [-0.4, -0.2) is 16.5 Å². The van der Waals surface area contributed by atoms with E-state index in [-0.39, 0.29) is 0 Å². The van der Waals surface area contributed by atoms with E-state index in [1.54, 1.807) is 0 Å². The lowest BCUT2D eigenvalue weighted by atomic mass is 10.0. The number of alkyl halides is 3. The number of halogens is 3. The Morgan fingerprint density at radius 3 is 2.50 bits per heavy atom. The number of rotatable bonds is 1. The van der Waals surface area contributed by atoms with E-state index in [9.17, 15) is 13.2 Å². The van der Waals surface area contributed by atoms with Crippen LogP contribution in [-0.2, 0) is 12.6 Å². The van der Waals surface area contributed by atoms with Crippen LogP contribution < -0.4 is 5.32 Å². The Balaban J connectivity index is 2.08. The van der Waals surface area contributed by atoms with E-state index in [0.29, 0.717) is 16.2 Å². The predicted octanol–water partition coefficient (Wildman–Crippen LogP) is 3.79. The van der Waals surface area contributed by atoms with Crippen LogP contribution in [0.15, 0.2) is 24.3 Å². The molecule has 0 bridgehead atoms. The number of benzene rings is 1. The van der Waals surface area contributed by atoms with E-state index in [4.69, 9.17) is 12.2 Å². The van der Waals surface area contributed by atoms with E-state index in [1.165, 1.54) is 12.1 Å². The highest BCUT2D eigenvalue weighted by molar-refractivity contribution is 7.71. The highest BCUT2D eigenvalue weighted by Gasteiger charge is 2.30. The molecule has 3 rings (SSSR count). The minimum absolute atomic E-state index is 0.313. The van der Waals surface area contributed by atoms with Gasteiger partial charge in [0.1, 0.15) is 5.82 Å². The zero-order valence-corrected chi connectivity index (χ0v) is 11.0. The van der Waals surface area contributed by atoms with Crippen molar-refractivity contribution >= 4 is 18.0 Å². The molecule has 7 heteroatoms. The maximum Gasteiger partial charge on any atom is 0.416 e. The van der Waals surface area contributed by atoms with Crippen molar-refractivity contribution in [2.75, 3.05) is 11.9 Å². The van der Waals surface area contributed by atoms with Crippen LogP contribution in [0.25, 0.3) is 11.3 Å². The first-order valence-electron chi connectivity index (χ1n) is 6.00. The van der Waals surface area contributed by atoms with Gasteiger partial charge < -0.3 is 10.3 Å². The number of nitrogens with one attached hydrogen (secondary N) is 2. The number of nitrogens with zero attached hydrogens (tertiary/aromatic N) is 1. The van der Waals surface area contributed by atoms with Gasteiger partial charge in [0, 0.05) is 12.1 Å².